The molecule has 4 heteroatoms. The molecule has 3 aromatic heterocycles. The van der Waals surface area contributed by atoms with Gasteiger partial charge in [-0.3, -0.25) is 15.0 Å². The summed E-state index contributed by atoms with van der Waals surface area (Å²) in [5.74, 6) is 0. The summed E-state index contributed by atoms with van der Waals surface area (Å²) in [7, 11) is 0. The molecule has 0 aromatic carbocycles. The van der Waals surface area contributed by atoms with Crippen LogP contribution >= 0.6 is 11.6 Å². The van der Waals surface area contributed by atoms with Crippen molar-refractivity contribution >= 4 is 11.6 Å². The first-order valence-electron chi connectivity index (χ1n) is 5.81. The second kappa shape index (κ2) is 5.16. The minimum absolute atomic E-state index is 0.606. The van der Waals surface area contributed by atoms with Crippen molar-refractivity contribution in [2.75, 3.05) is 0 Å². The molecule has 92 valence electrons. The quantitative estimate of drug-likeness (QED) is 0.708. The highest BCUT2D eigenvalue weighted by Crippen LogP contribution is 2.29. The van der Waals surface area contributed by atoms with E-state index in [2.05, 4.69) is 15.0 Å². The highest BCUT2D eigenvalue weighted by molar-refractivity contribution is 6.33. The van der Waals surface area contributed by atoms with Crippen LogP contribution in [0.5, 0.6) is 0 Å². The zero-order valence-corrected chi connectivity index (χ0v) is 10.7. The lowest BCUT2D eigenvalue weighted by Gasteiger charge is -2.06. The summed E-state index contributed by atoms with van der Waals surface area (Å²) in [5.41, 5.74) is 3.59. The number of hydrogen-bond acceptors (Lipinski definition) is 3. The Morgan fingerprint density at radius 2 is 1.47 bits per heavy atom. The van der Waals surface area contributed by atoms with Gasteiger partial charge < -0.3 is 0 Å². The number of rotatable bonds is 2. The summed E-state index contributed by atoms with van der Waals surface area (Å²) in [5, 5.41) is 0.606. The van der Waals surface area contributed by atoms with Crippen molar-refractivity contribution in [3.05, 3.63) is 66.3 Å². The van der Waals surface area contributed by atoms with Crippen LogP contribution in [-0.4, -0.2) is 15.0 Å². The maximum Gasteiger partial charge on any atom is 0.0904 e. The molecule has 0 amide bonds. The number of nitrogens with zero attached hydrogens (tertiary/aromatic N) is 3. The topological polar surface area (TPSA) is 38.7 Å². The fourth-order valence-electron chi connectivity index (χ4n) is 1.84. The van der Waals surface area contributed by atoms with Crippen LogP contribution in [0.15, 0.2) is 61.3 Å². The van der Waals surface area contributed by atoms with E-state index >= 15 is 0 Å². The molecule has 0 saturated heterocycles. The highest BCUT2D eigenvalue weighted by Gasteiger charge is 2.07. The van der Waals surface area contributed by atoms with Crippen LogP contribution in [0.25, 0.3) is 22.4 Å². The van der Waals surface area contributed by atoms with E-state index in [0.717, 1.165) is 22.4 Å². The van der Waals surface area contributed by atoms with Gasteiger partial charge in [0, 0.05) is 47.7 Å². The van der Waals surface area contributed by atoms with E-state index in [9.17, 15) is 0 Å². The van der Waals surface area contributed by atoms with Gasteiger partial charge in [-0.1, -0.05) is 17.7 Å². The van der Waals surface area contributed by atoms with Crippen molar-refractivity contribution in [3.8, 4) is 22.4 Å². The van der Waals surface area contributed by atoms with E-state index in [-0.39, 0.29) is 0 Å². The minimum atomic E-state index is 0.606. The van der Waals surface area contributed by atoms with Gasteiger partial charge in [0.25, 0.3) is 0 Å². The van der Waals surface area contributed by atoms with Crippen molar-refractivity contribution in [1.82, 2.24) is 15.0 Å². The van der Waals surface area contributed by atoms with Crippen molar-refractivity contribution in [2.45, 2.75) is 0 Å². The predicted octanol–water partition coefficient (Wildman–Crippen LogP) is 3.86. The lowest BCUT2D eigenvalue weighted by molar-refractivity contribution is 1.27. The van der Waals surface area contributed by atoms with E-state index in [0.29, 0.717) is 5.02 Å². The maximum absolute atomic E-state index is 6.30. The third kappa shape index (κ3) is 2.46. The van der Waals surface area contributed by atoms with Gasteiger partial charge in [-0.15, -0.1) is 0 Å². The molecule has 0 atom stereocenters. The summed E-state index contributed by atoms with van der Waals surface area (Å²) >= 11 is 6.30. The lowest BCUT2D eigenvalue weighted by Crippen LogP contribution is -1.88. The second-order valence-corrected chi connectivity index (χ2v) is 4.45. The van der Waals surface area contributed by atoms with Gasteiger partial charge in [-0.05, 0) is 24.3 Å². The van der Waals surface area contributed by atoms with Crippen LogP contribution in [0.1, 0.15) is 0 Å². The van der Waals surface area contributed by atoms with Gasteiger partial charge in [-0.2, -0.15) is 0 Å². The molecule has 0 radical (unpaired) electrons. The summed E-state index contributed by atoms with van der Waals surface area (Å²) in [4.78, 5) is 12.6. The SMILES string of the molecule is Clc1cc(-c2cccnc2)cnc1-c1cccnc1. The number of aromatic nitrogens is 3. The normalized spacial score (nSPS) is 10.4. The van der Waals surface area contributed by atoms with E-state index in [1.54, 1.807) is 31.0 Å². The number of hydrogen-bond donors (Lipinski definition) is 0. The van der Waals surface area contributed by atoms with Crippen LogP contribution in [0.4, 0.5) is 0 Å². The van der Waals surface area contributed by atoms with Crippen molar-refractivity contribution in [1.29, 1.82) is 0 Å². The van der Waals surface area contributed by atoms with Gasteiger partial charge >= 0.3 is 0 Å². The van der Waals surface area contributed by atoms with Crippen LogP contribution in [0.3, 0.4) is 0 Å². The maximum atomic E-state index is 6.30. The molecule has 0 bridgehead atoms. The lowest BCUT2D eigenvalue weighted by atomic mass is 10.1. The summed E-state index contributed by atoms with van der Waals surface area (Å²) in [6, 6.07) is 9.56. The molecule has 0 unspecified atom stereocenters. The monoisotopic (exact) mass is 267 g/mol. The minimum Gasteiger partial charge on any atom is -0.264 e. The fraction of sp³-hybridized carbons (Fsp3) is 0. The first-order valence-corrected chi connectivity index (χ1v) is 6.19. The van der Waals surface area contributed by atoms with Crippen LogP contribution in [0, 0.1) is 0 Å². The van der Waals surface area contributed by atoms with E-state index < -0.39 is 0 Å². The molecule has 0 aliphatic heterocycles. The van der Waals surface area contributed by atoms with Gasteiger partial charge in [-0.25, -0.2) is 0 Å². The molecule has 0 N–H and O–H groups in total. The number of pyridine rings is 3. The Kier molecular flexibility index (Phi) is 3.21. The first kappa shape index (κ1) is 11.8. The van der Waals surface area contributed by atoms with Crippen molar-refractivity contribution < 1.29 is 0 Å². The molecule has 0 saturated carbocycles. The summed E-state index contributed by atoms with van der Waals surface area (Å²) in [6.07, 6.45) is 8.80. The molecule has 3 aromatic rings. The standard InChI is InChI=1S/C15H10ClN3/c16-14-7-13(11-3-1-5-17-8-11)10-19-15(14)12-4-2-6-18-9-12/h1-10H. The molecule has 0 fully saturated rings. The molecule has 3 nitrogen and oxygen atoms in total. The molecule has 0 aliphatic rings. The van der Waals surface area contributed by atoms with Gasteiger partial charge in [0.2, 0.25) is 0 Å². The van der Waals surface area contributed by atoms with Gasteiger partial charge in [0.15, 0.2) is 0 Å². The molecule has 3 heterocycles. The Morgan fingerprint density at radius 3 is 2.05 bits per heavy atom. The Labute approximate surface area is 116 Å². The average Bonchev–Trinajstić information content (AvgIpc) is 2.49. The Hall–Kier alpha value is -2.26. The van der Waals surface area contributed by atoms with Crippen LogP contribution < -0.4 is 0 Å². The van der Waals surface area contributed by atoms with Crippen LogP contribution in [0.2, 0.25) is 5.02 Å². The molecule has 0 spiro atoms. The van der Waals surface area contributed by atoms with E-state index in [4.69, 9.17) is 11.6 Å². The zero-order chi connectivity index (χ0) is 13.1. The van der Waals surface area contributed by atoms with Gasteiger partial charge in [0.05, 0.1) is 10.7 Å². The Morgan fingerprint density at radius 1 is 0.789 bits per heavy atom. The Bertz CT molecular complexity index is 684. The molecule has 19 heavy (non-hydrogen) atoms. The van der Waals surface area contributed by atoms with Gasteiger partial charge in [0.1, 0.15) is 0 Å². The molecule has 3 rings (SSSR count). The average molecular weight is 268 g/mol. The van der Waals surface area contributed by atoms with Crippen LogP contribution in [-0.2, 0) is 0 Å². The van der Waals surface area contributed by atoms with Crippen molar-refractivity contribution in [3.63, 3.8) is 0 Å². The summed E-state index contributed by atoms with van der Waals surface area (Å²) < 4.78 is 0. The van der Waals surface area contributed by atoms with E-state index in [1.807, 2.05) is 30.3 Å². The smallest absolute Gasteiger partial charge is 0.0904 e. The Balaban J connectivity index is 2.04. The summed E-state index contributed by atoms with van der Waals surface area (Å²) in [6.45, 7) is 0. The largest absolute Gasteiger partial charge is 0.264 e. The predicted molar refractivity (Wildman–Crippen MR) is 75.7 cm³/mol. The fourth-order valence-corrected chi connectivity index (χ4v) is 2.12. The van der Waals surface area contributed by atoms with Crippen molar-refractivity contribution in [2.24, 2.45) is 0 Å². The molecular formula is C15H10ClN3. The third-order valence-electron chi connectivity index (χ3n) is 2.77. The zero-order valence-electron chi connectivity index (χ0n) is 9.99. The number of halogens is 1. The third-order valence-corrected chi connectivity index (χ3v) is 3.06. The molecule has 0 aliphatic carbocycles. The second-order valence-electron chi connectivity index (χ2n) is 4.04. The van der Waals surface area contributed by atoms with E-state index in [1.165, 1.54) is 0 Å². The highest BCUT2D eigenvalue weighted by atomic mass is 35.5. The first-order chi connectivity index (χ1) is 9.34. The molecular weight excluding hydrogens is 258 g/mol.